The number of benzene rings is 1. The topological polar surface area (TPSA) is 61.0 Å². The van der Waals surface area contributed by atoms with Crippen molar-refractivity contribution < 1.29 is 4.74 Å². The Bertz CT molecular complexity index is 537. The lowest BCUT2D eigenvalue weighted by Gasteiger charge is -2.09. The number of nitrogens with two attached hydrogens (primary N) is 1. The molecule has 0 fully saturated rings. The van der Waals surface area contributed by atoms with E-state index >= 15 is 0 Å². The lowest BCUT2D eigenvalue weighted by Crippen LogP contribution is -2.03. The first kappa shape index (κ1) is 10.4. The van der Waals surface area contributed by atoms with Gasteiger partial charge in [0, 0.05) is 0 Å². The summed E-state index contributed by atoms with van der Waals surface area (Å²) < 4.78 is 5.28. The highest BCUT2D eigenvalue weighted by atomic mass is 16.5. The first-order chi connectivity index (χ1) is 7.72. The van der Waals surface area contributed by atoms with Crippen molar-refractivity contribution in [2.45, 2.75) is 6.92 Å². The highest BCUT2D eigenvalue weighted by molar-refractivity contribution is 5.79. The highest BCUT2D eigenvalue weighted by Crippen LogP contribution is 2.20. The van der Waals surface area contributed by atoms with Crippen LogP contribution in [0.1, 0.15) is 12.6 Å². The molecule has 1 aromatic carbocycles. The standard InChI is InChI=1S/C12H13N3O/c1-3-16-8(2)11-12(13)15-10-7-5-4-6-9(10)14-11/h4-7H,2-3H2,1H3,(H2,13,15). The predicted molar refractivity (Wildman–Crippen MR) is 64.6 cm³/mol. The van der Waals surface area contributed by atoms with Crippen molar-refractivity contribution in [1.82, 2.24) is 9.97 Å². The van der Waals surface area contributed by atoms with E-state index in [1.807, 2.05) is 31.2 Å². The van der Waals surface area contributed by atoms with Crippen LogP contribution >= 0.6 is 0 Å². The van der Waals surface area contributed by atoms with Gasteiger partial charge in [0.05, 0.1) is 17.6 Å². The van der Waals surface area contributed by atoms with Gasteiger partial charge in [-0.2, -0.15) is 0 Å². The van der Waals surface area contributed by atoms with Crippen LogP contribution in [0.3, 0.4) is 0 Å². The summed E-state index contributed by atoms with van der Waals surface area (Å²) in [6.45, 7) is 6.20. The summed E-state index contributed by atoms with van der Waals surface area (Å²) >= 11 is 0. The van der Waals surface area contributed by atoms with Crippen LogP contribution in [0.5, 0.6) is 0 Å². The summed E-state index contributed by atoms with van der Waals surface area (Å²) in [6.07, 6.45) is 0. The van der Waals surface area contributed by atoms with E-state index in [-0.39, 0.29) is 0 Å². The molecule has 16 heavy (non-hydrogen) atoms. The quantitative estimate of drug-likeness (QED) is 0.797. The van der Waals surface area contributed by atoms with Crippen LogP contribution < -0.4 is 5.73 Å². The van der Waals surface area contributed by atoms with Gasteiger partial charge in [-0.25, -0.2) is 9.97 Å². The molecule has 0 aliphatic heterocycles. The van der Waals surface area contributed by atoms with Gasteiger partial charge in [0.15, 0.2) is 5.82 Å². The Hall–Kier alpha value is -2.10. The molecule has 0 aliphatic rings. The number of nitrogen functional groups attached to an aromatic ring is 1. The highest BCUT2D eigenvalue weighted by Gasteiger charge is 2.09. The molecular weight excluding hydrogens is 202 g/mol. The van der Waals surface area contributed by atoms with E-state index in [1.54, 1.807) is 0 Å². The van der Waals surface area contributed by atoms with Gasteiger partial charge < -0.3 is 10.5 Å². The summed E-state index contributed by atoms with van der Waals surface area (Å²) in [5, 5.41) is 0. The third-order valence-electron chi connectivity index (χ3n) is 2.18. The average Bonchev–Trinajstić information content (AvgIpc) is 2.28. The minimum absolute atomic E-state index is 0.345. The summed E-state index contributed by atoms with van der Waals surface area (Å²) in [5.41, 5.74) is 7.87. The molecule has 4 nitrogen and oxygen atoms in total. The minimum Gasteiger partial charge on any atom is -0.492 e. The van der Waals surface area contributed by atoms with Gasteiger partial charge >= 0.3 is 0 Å². The Kier molecular flexibility index (Phi) is 2.72. The van der Waals surface area contributed by atoms with Crippen molar-refractivity contribution >= 4 is 22.6 Å². The number of para-hydroxylation sites is 2. The molecule has 0 spiro atoms. The lowest BCUT2D eigenvalue weighted by atomic mass is 10.2. The van der Waals surface area contributed by atoms with Gasteiger partial charge in [0.1, 0.15) is 11.5 Å². The number of aromatic nitrogens is 2. The Morgan fingerprint density at radius 2 is 1.94 bits per heavy atom. The summed E-state index contributed by atoms with van der Waals surface area (Å²) in [4.78, 5) is 8.63. The maximum atomic E-state index is 5.80. The van der Waals surface area contributed by atoms with Crippen LogP contribution in [0.15, 0.2) is 30.8 Å². The predicted octanol–water partition coefficient (Wildman–Crippen LogP) is 2.22. The second-order valence-electron chi connectivity index (χ2n) is 3.30. The Labute approximate surface area is 93.8 Å². The van der Waals surface area contributed by atoms with Crippen molar-refractivity contribution in [3.63, 3.8) is 0 Å². The Morgan fingerprint density at radius 1 is 1.31 bits per heavy atom. The Balaban J connectivity index is 2.54. The van der Waals surface area contributed by atoms with Gasteiger partial charge in [-0.3, -0.25) is 0 Å². The van der Waals surface area contributed by atoms with Crippen molar-refractivity contribution in [3.05, 3.63) is 36.5 Å². The van der Waals surface area contributed by atoms with E-state index in [4.69, 9.17) is 10.5 Å². The second-order valence-corrected chi connectivity index (χ2v) is 3.30. The first-order valence-electron chi connectivity index (χ1n) is 5.06. The molecule has 2 aromatic rings. The van der Waals surface area contributed by atoms with E-state index < -0.39 is 0 Å². The van der Waals surface area contributed by atoms with Crippen LogP contribution in [-0.2, 0) is 4.74 Å². The van der Waals surface area contributed by atoms with Crippen molar-refractivity contribution in [1.29, 1.82) is 0 Å². The maximum absolute atomic E-state index is 5.80. The number of fused-ring (bicyclic) bond motifs is 1. The minimum atomic E-state index is 0.345. The van der Waals surface area contributed by atoms with E-state index in [0.717, 1.165) is 11.0 Å². The number of ether oxygens (including phenoxy) is 1. The first-order valence-corrected chi connectivity index (χ1v) is 5.06. The van der Waals surface area contributed by atoms with Crippen LogP contribution in [0.25, 0.3) is 16.8 Å². The average molecular weight is 215 g/mol. The molecule has 0 radical (unpaired) electrons. The number of rotatable bonds is 3. The lowest BCUT2D eigenvalue weighted by molar-refractivity contribution is 0.298. The molecule has 0 saturated heterocycles. The summed E-state index contributed by atoms with van der Waals surface area (Å²) in [7, 11) is 0. The zero-order valence-electron chi connectivity index (χ0n) is 9.10. The van der Waals surface area contributed by atoms with Crippen LogP contribution in [0.2, 0.25) is 0 Å². The molecular formula is C12H13N3O. The number of hydrogen-bond donors (Lipinski definition) is 1. The molecule has 1 heterocycles. The molecule has 0 atom stereocenters. The van der Waals surface area contributed by atoms with E-state index in [2.05, 4.69) is 16.5 Å². The third kappa shape index (κ3) is 1.82. The molecule has 82 valence electrons. The zero-order valence-corrected chi connectivity index (χ0v) is 9.10. The van der Waals surface area contributed by atoms with Crippen LogP contribution in [0, 0.1) is 0 Å². The molecule has 2 rings (SSSR count). The number of nitrogens with zero attached hydrogens (tertiary/aromatic N) is 2. The fourth-order valence-corrected chi connectivity index (χ4v) is 1.46. The molecule has 0 amide bonds. The van der Waals surface area contributed by atoms with Crippen LogP contribution in [-0.4, -0.2) is 16.6 Å². The summed E-state index contributed by atoms with van der Waals surface area (Å²) in [5.74, 6) is 0.801. The second kappa shape index (κ2) is 4.18. The molecule has 1 aromatic heterocycles. The van der Waals surface area contributed by atoms with Crippen molar-refractivity contribution in [3.8, 4) is 0 Å². The molecule has 4 heteroatoms. The monoisotopic (exact) mass is 215 g/mol. The molecule has 0 unspecified atom stereocenters. The van der Waals surface area contributed by atoms with Gasteiger partial charge in [-0.05, 0) is 19.1 Å². The molecule has 0 aliphatic carbocycles. The number of hydrogen-bond acceptors (Lipinski definition) is 4. The number of anilines is 1. The van der Waals surface area contributed by atoms with E-state index in [0.29, 0.717) is 23.9 Å². The smallest absolute Gasteiger partial charge is 0.153 e. The van der Waals surface area contributed by atoms with Crippen LogP contribution in [0.4, 0.5) is 5.82 Å². The third-order valence-corrected chi connectivity index (χ3v) is 2.18. The zero-order chi connectivity index (χ0) is 11.5. The van der Waals surface area contributed by atoms with Gasteiger partial charge in [0.25, 0.3) is 0 Å². The van der Waals surface area contributed by atoms with Gasteiger partial charge in [0.2, 0.25) is 0 Å². The maximum Gasteiger partial charge on any atom is 0.153 e. The van der Waals surface area contributed by atoms with E-state index in [9.17, 15) is 0 Å². The SMILES string of the molecule is C=C(OCC)c1nc2ccccc2nc1N. The molecule has 2 N–H and O–H groups in total. The molecule has 0 saturated carbocycles. The summed E-state index contributed by atoms with van der Waals surface area (Å²) in [6, 6.07) is 7.55. The van der Waals surface area contributed by atoms with Gasteiger partial charge in [-0.15, -0.1) is 0 Å². The Morgan fingerprint density at radius 3 is 2.56 bits per heavy atom. The van der Waals surface area contributed by atoms with Crippen molar-refractivity contribution in [2.75, 3.05) is 12.3 Å². The van der Waals surface area contributed by atoms with Gasteiger partial charge in [-0.1, -0.05) is 18.7 Å². The fourth-order valence-electron chi connectivity index (χ4n) is 1.46. The van der Waals surface area contributed by atoms with E-state index in [1.165, 1.54) is 0 Å². The normalized spacial score (nSPS) is 10.3. The van der Waals surface area contributed by atoms with Crippen molar-refractivity contribution in [2.24, 2.45) is 0 Å². The molecule has 0 bridgehead atoms. The largest absolute Gasteiger partial charge is 0.492 e. The fraction of sp³-hybridized carbons (Fsp3) is 0.167.